The Bertz CT molecular complexity index is 1230. The van der Waals surface area contributed by atoms with E-state index in [1.807, 2.05) is 0 Å². The molecule has 2 bridgehead atoms. The average Bonchev–Trinajstić information content (AvgIpc) is 2.84. The molecule has 1 radical (unpaired) electrons. The molecule has 5 nitrogen and oxygen atoms in total. The van der Waals surface area contributed by atoms with Crippen LogP contribution in [0, 0.1) is 11.9 Å². The molecule has 2 saturated heterocycles. The molecule has 0 saturated carbocycles. The van der Waals surface area contributed by atoms with Crippen LogP contribution in [0.1, 0.15) is 24.8 Å². The summed E-state index contributed by atoms with van der Waals surface area (Å²) in [6.45, 7) is 5.36. The first-order chi connectivity index (χ1) is 16.1. The minimum absolute atomic E-state index is 0.0856. The fraction of sp³-hybridized carbons (Fsp3) is 0.333. The number of hydrogen-bond acceptors (Lipinski definition) is 5. The van der Waals surface area contributed by atoms with E-state index in [9.17, 15) is 4.39 Å². The number of hydrogen-bond donors (Lipinski definition) is 0. The third kappa shape index (κ3) is 4.00. The fourth-order valence-electron chi connectivity index (χ4n) is 5.16. The Morgan fingerprint density at radius 2 is 1.73 bits per heavy atom. The van der Waals surface area contributed by atoms with Crippen molar-refractivity contribution in [2.24, 2.45) is 0 Å². The van der Waals surface area contributed by atoms with Crippen molar-refractivity contribution in [3.8, 4) is 0 Å². The number of nitrogens with zero attached hydrogens (tertiary/aromatic N) is 4. The highest BCUT2D eigenvalue weighted by Crippen LogP contribution is 2.34. The third-order valence-corrected chi connectivity index (χ3v) is 6.76. The molecule has 1 aliphatic carbocycles. The molecule has 2 aliphatic heterocycles. The standard InChI is InChI=1S/C27H26FN4O/c1-18-7-8-20(19-5-3-2-4-6-19)11-26(18)31-14-22-16-32(17-23(15-31)33-22)27-13-29-25-12-21(28)9-10-24(25)30-27/h2-7,9-10,12-13,20,22-23H,8,14-17H2,1H3. The molecule has 2 fully saturated rings. The first kappa shape index (κ1) is 20.4. The number of aromatic nitrogens is 2. The van der Waals surface area contributed by atoms with Gasteiger partial charge in [-0.1, -0.05) is 36.4 Å². The van der Waals surface area contributed by atoms with Gasteiger partial charge in [-0.25, -0.2) is 9.37 Å². The minimum Gasteiger partial charge on any atom is -0.368 e. The Balaban J connectivity index is 1.20. The van der Waals surface area contributed by atoms with E-state index in [1.165, 1.54) is 29.0 Å². The molecule has 3 aromatic rings. The van der Waals surface area contributed by atoms with Crippen molar-refractivity contribution in [3.05, 3.63) is 89.5 Å². The molecule has 3 unspecified atom stereocenters. The zero-order chi connectivity index (χ0) is 22.4. The van der Waals surface area contributed by atoms with Gasteiger partial charge in [0.1, 0.15) is 11.6 Å². The van der Waals surface area contributed by atoms with E-state index >= 15 is 0 Å². The first-order valence-corrected chi connectivity index (χ1v) is 11.6. The van der Waals surface area contributed by atoms with Crippen molar-refractivity contribution >= 4 is 16.9 Å². The molecule has 6 heteroatoms. The van der Waals surface area contributed by atoms with Crippen LogP contribution in [0.3, 0.4) is 0 Å². The van der Waals surface area contributed by atoms with Gasteiger partial charge in [0, 0.05) is 43.9 Å². The topological polar surface area (TPSA) is 41.5 Å². The van der Waals surface area contributed by atoms with E-state index in [2.05, 4.69) is 64.2 Å². The second kappa shape index (κ2) is 8.27. The lowest BCUT2D eigenvalue weighted by atomic mass is 9.88. The summed E-state index contributed by atoms with van der Waals surface area (Å²) in [5, 5.41) is 0. The molecular weight excluding hydrogens is 415 g/mol. The zero-order valence-electron chi connectivity index (χ0n) is 18.6. The van der Waals surface area contributed by atoms with Crippen LogP contribution in [-0.4, -0.2) is 53.3 Å². The second-order valence-electron chi connectivity index (χ2n) is 9.13. The molecule has 33 heavy (non-hydrogen) atoms. The van der Waals surface area contributed by atoms with Crippen LogP contribution < -0.4 is 4.90 Å². The van der Waals surface area contributed by atoms with Gasteiger partial charge in [-0.05, 0) is 42.7 Å². The van der Waals surface area contributed by atoms with Gasteiger partial charge in [-0.2, -0.15) is 0 Å². The molecule has 0 amide bonds. The molecule has 3 heterocycles. The van der Waals surface area contributed by atoms with Crippen molar-refractivity contribution in [2.75, 3.05) is 31.1 Å². The maximum Gasteiger partial charge on any atom is 0.148 e. The number of allylic oxidation sites excluding steroid dienone is 3. The van der Waals surface area contributed by atoms with Crippen molar-refractivity contribution < 1.29 is 9.13 Å². The normalized spacial score (nSPS) is 25.1. The molecule has 0 N–H and O–H groups in total. The van der Waals surface area contributed by atoms with Gasteiger partial charge in [0.05, 0.1) is 29.4 Å². The number of rotatable bonds is 3. The quantitative estimate of drug-likeness (QED) is 0.600. The van der Waals surface area contributed by atoms with E-state index in [-0.39, 0.29) is 18.0 Å². The number of morpholine rings is 2. The van der Waals surface area contributed by atoms with Crippen LogP contribution in [0.25, 0.3) is 11.0 Å². The van der Waals surface area contributed by atoms with Crippen LogP contribution in [0.15, 0.2) is 72.1 Å². The van der Waals surface area contributed by atoms with Crippen molar-refractivity contribution in [3.63, 3.8) is 0 Å². The Morgan fingerprint density at radius 3 is 2.52 bits per heavy atom. The maximum atomic E-state index is 13.5. The van der Waals surface area contributed by atoms with E-state index < -0.39 is 0 Å². The van der Waals surface area contributed by atoms with Crippen LogP contribution in [-0.2, 0) is 4.74 Å². The fourth-order valence-corrected chi connectivity index (χ4v) is 5.16. The molecule has 167 valence electrons. The maximum absolute atomic E-state index is 13.5. The van der Waals surface area contributed by atoms with Crippen molar-refractivity contribution in [1.82, 2.24) is 14.9 Å². The summed E-state index contributed by atoms with van der Waals surface area (Å²) in [7, 11) is 0. The summed E-state index contributed by atoms with van der Waals surface area (Å²) in [5.74, 6) is 0.824. The smallest absolute Gasteiger partial charge is 0.148 e. The molecule has 0 spiro atoms. The van der Waals surface area contributed by atoms with E-state index in [0.29, 0.717) is 17.0 Å². The van der Waals surface area contributed by atoms with Crippen LogP contribution >= 0.6 is 0 Å². The number of halogens is 1. The lowest BCUT2D eigenvalue weighted by Gasteiger charge is -2.48. The number of fused-ring (bicyclic) bond motifs is 3. The Hall–Kier alpha value is -3.25. The van der Waals surface area contributed by atoms with E-state index in [1.54, 1.807) is 12.3 Å². The van der Waals surface area contributed by atoms with Gasteiger partial charge in [-0.15, -0.1) is 0 Å². The monoisotopic (exact) mass is 441 g/mol. The van der Waals surface area contributed by atoms with Crippen LogP contribution in [0.4, 0.5) is 10.2 Å². The number of anilines is 1. The molecule has 1 aromatic heterocycles. The molecular formula is C27H26FN4O. The number of benzene rings is 2. The Labute approximate surface area is 193 Å². The predicted octanol–water partition coefficient (Wildman–Crippen LogP) is 4.48. The van der Waals surface area contributed by atoms with Crippen LogP contribution in [0.5, 0.6) is 0 Å². The van der Waals surface area contributed by atoms with Crippen LogP contribution in [0.2, 0.25) is 0 Å². The van der Waals surface area contributed by atoms with Gasteiger partial charge >= 0.3 is 0 Å². The second-order valence-corrected chi connectivity index (χ2v) is 9.13. The summed E-state index contributed by atoms with van der Waals surface area (Å²) in [6.07, 6.45) is 9.05. The highest BCUT2D eigenvalue weighted by molar-refractivity contribution is 5.75. The van der Waals surface area contributed by atoms with Crippen molar-refractivity contribution in [2.45, 2.75) is 31.5 Å². The van der Waals surface area contributed by atoms with Gasteiger partial charge in [0.15, 0.2) is 0 Å². The Kier molecular flexibility index (Phi) is 5.10. The zero-order valence-corrected chi connectivity index (χ0v) is 18.6. The summed E-state index contributed by atoms with van der Waals surface area (Å²) in [6, 6.07) is 15.2. The molecule has 3 atom stereocenters. The Morgan fingerprint density at radius 1 is 0.970 bits per heavy atom. The lowest BCUT2D eigenvalue weighted by Crippen LogP contribution is -2.59. The largest absolute Gasteiger partial charge is 0.368 e. The van der Waals surface area contributed by atoms with Crippen molar-refractivity contribution in [1.29, 1.82) is 0 Å². The van der Waals surface area contributed by atoms with Gasteiger partial charge < -0.3 is 14.5 Å². The highest BCUT2D eigenvalue weighted by Gasteiger charge is 2.37. The summed E-state index contributed by atoms with van der Waals surface area (Å²) in [5.41, 5.74) is 5.12. The predicted molar refractivity (Wildman–Crippen MR) is 126 cm³/mol. The molecule has 3 aliphatic rings. The third-order valence-electron chi connectivity index (χ3n) is 6.76. The summed E-state index contributed by atoms with van der Waals surface area (Å²) < 4.78 is 19.8. The molecule has 2 aromatic carbocycles. The lowest BCUT2D eigenvalue weighted by molar-refractivity contribution is -0.0851. The van der Waals surface area contributed by atoms with Gasteiger partial charge in [-0.3, -0.25) is 4.98 Å². The first-order valence-electron chi connectivity index (χ1n) is 11.6. The highest BCUT2D eigenvalue weighted by atomic mass is 19.1. The summed E-state index contributed by atoms with van der Waals surface area (Å²) >= 11 is 0. The molecule has 6 rings (SSSR count). The summed E-state index contributed by atoms with van der Waals surface area (Å²) in [4.78, 5) is 13.9. The van der Waals surface area contributed by atoms with Gasteiger partial charge in [0.25, 0.3) is 0 Å². The minimum atomic E-state index is -0.293. The average molecular weight is 442 g/mol. The van der Waals surface area contributed by atoms with E-state index in [0.717, 1.165) is 38.4 Å². The van der Waals surface area contributed by atoms with Gasteiger partial charge in [0.2, 0.25) is 0 Å². The SMILES string of the molecule is CC1=CCC(c2ccccc2)[C]=C1N1CC2CN(c3cnc4cc(F)ccc4n3)CC(C1)O2. The number of ether oxygens (including phenoxy) is 1. The van der Waals surface area contributed by atoms with E-state index in [4.69, 9.17) is 9.72 Å².